The maximum Gasteiger partial charge on any atom is 0.372 e. The van der Waals surface area contributed by atoms with Gasteiger partial charge in [-0.15, -0.1) is 11.3 Å². The highest BCUT2D eigenvalue weighted by molar-refractivity contribution is 7.11. The highest BCUT2D eigenvalue weighted by Gasteiger charge is 2.25. The molecule has 0 saturated carbocycles. The van der Waals surface area contributed by atoms with Gasteiger partial charge in [0.15, 0.2) is 0 Å². The van der Waals surface area contributed by atoms with Crippen LogP contribution in [0.15, 0.2) is 12.5 Å². The minimum absolute atomic E-state index is 0.0712. The summed E-state index contributed by atoms with van der Waals surface area (Å²) >= 11 is 1.57. The third-order valence-corrected chi connectivity index (χ3v) is 4.13. The molecule has 21 heavy (non-hydrogen) atoms. The molecule has 0 bridgehead atoms. The average molecular weight is 309 g/mol. The van der Waals surface area contributed by atoms with E-state index in [0.717, 1.165) is 16.3 Å². The predicted molar refractivity (Wildman–Crippen MR) is 78.8 cm³/mol. The molecule has 0 amide bonds. The first kappa shape index (κ1) is 15.1. The Hall–Kier alpha value is -2.29. The summed E-state index contributed by atoms with van der Waals surface area (Å²) in [6.45, 7) is 3.92. The second-order valence-corrected chi connectivity index (χ2v) is 5.37. The number of methoxy groups -OCH3 is 1. The van der Waals surface area contributed by atoms with Gasteiger partial charge in [0.05, 0.1) is 18.1 Å². The summed E-state index contributed by atoms with van der Waals surface area (Å²) < 4.78 is 4.91. The summed E-state index contributed by atoms with van der Waals surface area (Å²) in [6.07, 6.45) is 3.94. The third kappa shape index (κ3) is 3.24. The second-order valence-electron chi connectivity index (χ2n) is 4.22. The molecule has 0 saturated heterocycles. The van der Waals surface area contributed by atoms with Crippen molar-refractivity contribution in [3.05, 3.63) is 32.5 Å². The molecule has 1 atom stereocenters. The summed E-state index contributed by atoms with van der Waals surface area (Å²) in [7, 11) is 1.33. The molecule has 2 aromatic heterocycles. The summed E-state index contributed by atoms with van der Waals surface area (Å²) in [5, 5.41) is 15.0. The highest BCUT2D eigenvalue weighted by Crippen LogP contribution is 2.33. The first-order valence-electron chi connectivity index (χ1n) is 6.31. The lowest BCUT2D eigenvalue weighted by Crippen LogP contribution is -2.11. The number of nitro groups is 1. The Balaban J connectivity index is 2.28. The molecule has 0 aliphatic rings. The van der Waals surface area contributed by atoms with Gasteiger partial charge in [-0.1, -0.05) is 6.92 Å². The average Bonchev–Trinajstić information content (AvgIpc) is 2.95. The van der Waals surface area contributed by atoms with Crippen LogP contribution in [-0.4, -0.2) is 27.0 Å². The molecule has 0 fully saturated rings. The van der Waals surface area contributed by atoms with E-state index in [2.05, 4.69) is 27.2 Å². The molecule has 0 radical (unpaired) electrons. The smallest absolute Gasteiger partial charge is 0.372 e. The van der Waals surface area contributed by atoms with Crippen LogP contribution >= 0.6 is 11.3 Å². The summed E-state index contributed by atoms with van der Waals surface area (Å²) in [4.78, 5) is 23.8. The third-order valence-electron chi connectivity index (χ3n) is 2.81. The van der Waals surface area contributed by atoms with E-state index < -0.39 is 4.92 Å². The fourth-order valence-corrected chi connectivity index (χ4v) is 2.59. The zero-order valence-electron chi connectivity index (χ0n) is 11.9. The van der Waals surface area contributed by atoms with Crippen molar-refractivity contribution in [2.75, 3.05) is 12.4 Å². The lowest BCUT2D eigenvalue weighted by Gasteiger charge is -2.12. The van der Waals surface area contributed by atoms with Crippen LogP contribution in [0.2, 0.25) is 0 Å². The maximum absolute atomic E-state index is 11.2. The molecule has 2 rings (SSSR count). The number of hydrogen-bond donors (Lipinski definition) is 1. The van der Waals surface area contributed by atoms with Gasteiger partial charge in [-0.2, -0.15) is 4.98 Å². The lowest BCUT2D eigenvalue weighted by molar-refractivity contribution is -0.385. The van der Waals surface area contributed by atoms with Gasteiger partial charge in [0, 0.05) is 11.1 Å². The van der Waals surface area contributed by atoms with Gasteiger partial charge in [-0.05, 0) is 13.3 Å². The summed E-state index contributed by atoms with van der Waals surface area (Å²) in [6, 6.07) is -0.200. The summed E-state index contributed by atoms with van der Waals surface area (Å²) in [5.74, 6) is 0.0469. The molecule has 9 heteroatoms. The molecule has 8 nitrogen and oxygen atoms in total. The van der Waals surface area contributed by atoms with Crippen LogP contribution in [0.5, 0.6) is 5.88 Å². The summed E-state index contributed by atoms with van der Waals surface area (Å²) in [5.41, 5.74) is -0.279. The normalized spacial score (nSPS) is 12.0. The Morgan fingerprint density at radius 2 is 2.24 bits per heavy atom. The van der Waals surface area contributed by atoms with Crippen molar-refractivity contribution < 1.29 is 9.66 Å². The van der Waals surface area contributed by atoms with Gasteiger partial charge in [0.25, 0.3) is 5.88 Å². The van der Waals surface area contributed by atoms with Crippen LogP contribution in [-0.2, 0) is 6.42 Å². The number of aromatic nitrogens is 3. The van der Waals surface area contributed by atoms with Gasteiger partial charge in [-0.3, -0.25) is 10.1 Å². The first-order valence-corrected chi connectivity index (χ1v) is 7.13. The molecule has 112 valence electrons. The Morgan fingerprint density at radius 3 is 2.81 bits per heavy atom. The van der Waals surface area contributed by atoms with Gasteiger partial charge in [-0.25, -0.2) is 9.97 Å². The molecule has 2 heterocycles. The maximum atomic E-state index is 11.2. The molecule has 0 aromatic carbocycles. The molecule has 0 aliphatic carbocycles. The monoisotopic (exact) mass is 309 g/mol. The Kier molecular flexibility index (Phi) is 4.63. The van der Waals surface area contributed by atoms with Gasteiger partial charge >= 0.3 is 5.69 Å². The van der Waals surface area contributed by atoms with Gasteiger partial charge in [0.1, 0.15) is 11.3 Å². The number of nitrogens with one attached hydrogen (secondary N) is 1. The zero-order chi connectivity index (χ0) is 15.4. The Morgan fingerprint density at radius 1 is 1.48 bits per heavy atom. The fraction of sp³-hybridized carbons (Fsp3) is 0.417. The molecule has 2 aromatic rings. The minimum atomic E-state index is -0.562. The van der Waals surface area contributed by atoms with Crippen LogP contribution < -0.4 is 10.1 Å². The largest absolute Gasteiger partial charge is 0.476 e. The number of rotatable bonds is 6. The van der Waals surface area contributed by atoms with Crippen LogP contribution in [0, 0.1) is 10.1 Å². The lowest BCUT2D eigenvalue weighted by atomic mass is 10.3. The molecule has 0 spiro atoms. The van der Waals surface area contributed by atoms with Crippen LogP contribution in [0.25, 0.3) is 0 Å². The minimum Gasteiger partial charge on any atom is -0.476 e. The van der Waals surface area contributed by atoms with Crippen molar-refractivity contribution in [3.63, 3.8) is 0 Å². The van der Waals surface area contributed by atoms with E-state index in [9.17, 15) is 10.1 Å². The SMILES string of the molecule is CCc1cnc(C(C)Nc2ncnc(OC)c2[N+](=O)[O-])s1. The number of thiazole rings is 1. The Bertz CT molecular complexity index is 646. The van der Waals surface area contributed by atoms with E-state index in [1.807, 2.05) is 13.1 Å². The predicted octanol–water partition coefficient (Wildman–Crippen LogP) is 2.59. The van der Waals surface area contributed by atoms with E-state index in [-0.39, 0.29) is 23.4 Å². The molecule has 1 N–H and O–H groups in total. The number of anilines is 1. The van der Waals surface area contributed by atoms with Crippen LogP contribution in [0.4, 0.5) is 11.5 Å². The van der Waals surface area contributed by atoms with E-state index >= 15 is 0 Å². The van der Waals surface area contributed by atoms with Crippen molar-refractivity contribution in [1.29, 1.82) is 0 Å². The number of hydrogen-bond acceptors (Lipinski definition) is 8. The number of aryl methyl sites for hydroxylation is 1. The highest BCUT2D eigenvalue weighted by atomic mass is 32.1. The molecule has 1 unspecified atom stereocenters. The Labute approximate surface area is 125 Å². The van der Waals surface area contributed by atoms with Crippen LogP contribution in [0.1, 0.15) is 29.8 Å². The van der Waals surface area contributed by atoms with E-state index in [0.29, 0.717) is 0 Å². The van der Waals surface area contributed by atoms with E-state index in [1.165, 1.54) is 13.4 Å². The van der Waals surface area contributed by atoms with Crippen molar-refractivity contribution in [2.24, 2.45) is 0 Å². The van der Waals surface area contributed by atoms with E-state index in [1.54, 1.807) is 11.3 Å². The van der Waals surface area contributed by atoms with E-state index in [4.69, 9.17) is 4.74 Å². The topological polar surface area (TPSA) is 103 Å². The fourth-order valence-electron chi connectivity index (χ4n) is 1.74. The van der Waals surface area contributed by atoms with Crippen LogP contribution in [0.3, 0.4) is 0 Å². The number of nitrogens with zero attached hydrogens (tertiary/aromatic N) is 4. The molecule has 0 aliphatic heterocycles. The van der Waals surface area contributed by atoms with Crippen molar-refractivity contribution in [2.45, 2.75) is 26.3 Å². The second kappa shape index (κ2) is 6.44. The molecular formula is C12H15N5O3S. The first-order chi connectivity index (χ1) is 10.1. The quantitative estimate of drug-likeness (QED) is 0.646. The van der Waals surface area contributed by atoms with Crippen molar-refractivity contribution >= 4 is 22.8 Å². The zero-order valence-corrected chi connectivity index (χ0v) is 12.7. The number of ether oxygens (including phenoxy) is 1. The standard InChI is InChI=1S/C12H15N5O3S/c1-4-8-5-13-12(21-8)7(2)16-10-9(17(18)19)11(20-3)15-6-14-10/h5-7H,4H2,1-3H3,(H,14,15,16). The van der Waals surface area contributed by atoms with Crippen molar-refractivity contribution in [1.82, 2.24) is 15.0 Å². The van der Waals surface area contributed by atoms with Crippen molar-refractivity contribution in [3.8, 4) is 5.88 Å². The molecular weight excluding hydrogens is 294 g/mol. The van der Waals surface area contributed by atoms with Gasteiger partial charge < -0.3 is 10.1 Å². The van der Waals surface area contributed by atoms with Gasteiger partial charge in [0.2, 0.25) is 5.82 Å².